The van der Waals surface area contributed by atoms with Crippen molar-refractivity contribution in [3.8, 4) is 0 Å². The summed E-state index contributed by atoms with van der Waals surface area (Å²) in [7, 11) is 0. The summed E-state index contributed by atoms with van der Waals surface area (Å²) in [5.41, 5.74) is 1.70. The fourth-order valence-corrected chi connectivity index (χ4v) is 1.23. The van der Waals surface area contributed by atoms with Crippen LogP contribution in [0.25, 0.3) is 5.65 Å². The molecule has 80 valence electrons. The van der Waals surface area contributed by atoms with E-state index in [1.165, 1.54) is 0 Å². The molecule has 0 aliphatic rings. The highest BCUT2D eigenvalue weighted by Gasteiger charge is 2.06. The van der Waals surface area contributed by atoms with Gasteiger partial charge in [-0.2, -0.15) is 4.98 Å². The van der Waals surface area contributed by atoms with Gasteiger partial charge in [0.25, 0.3) is 6.43 Å². The molecule has 0 spiro atoms. The minimum atomic E-state index is -2.40. The third-order valence-electron chi connectivity index (χ3n) is 1.91. The third-order valence-corrected chi connectivity index (χ3v) is 1.91. The number of halogens is 2. The van der Waals surface area contributed by atoms with Crippen LogP contribution in [0.2, 0.25) is 0 Å². The highest BCUT2D eigenvalue weighted by molar-refractivity contribution is 5.45. The van der Waals surface area contributed by atoms with Crippen molar-refractivity contribution in [2.75, 3.05) is 11.9 Å². The van der Waals surface area contributed by atoms with E-state index in [-0.39, 0.29) is 5.95 Å². The van der Waals surface area contributed by atoms with Gasteiger partial charge in [0, 0.05) is 6.20 Å². The molecule has 2 aromatic heterocycles. The molecular formula is C9H10F2N4. The topological polar surface area (TPSA) is 42.2 Å². The Morgan fingerprint density at radius 3 is 3.07 bits per heavy atom. The molecule has 0 aliphatic carbocycles. The quantitative estimate of drug-likeness (QED) is 0.842. The number of alkyl halides is 2. The van der Waals surface area contributed by atoms with Crippen molar-refractivity contribution in [3.05, 3.63) is 23.9 Å². The molecule has 0 saturated carbocycles. The van der Waals surface area contributed by atoms with Crippen LogP contribution in [0.3, 0.4) is 0 Å². The van der Waals surface area contributed by atoms with E-state index in [0.717, 1.165) is 5.56 Å². The van der Waals surface area contributed by atoms with Crippen LogP contribution in [0.15, 0.2) is 18.3 Å². The van der Waals surface area contributed by atoms with Crippen molar-refractivity contribution >= 4 is 11.6 Å². The molecule has 6 heteroatoms. The van der Waals surface area contributed by atoms with Crippen LogP contribution >= 0.6 is 0 Å². The summed E-state index contributed by atoms with van der Waals surface area (Å²) in [5, 5.41) is 6.45. The number of hydrogen-bond donors (Lipinski definition) is 1. The highest BCUT2D eigenvalue weighted by Crippen LogP contribution is 2.07. The van der Waals surface area contributed by atoms with Crippen molar-refractivity contribution < 1.29 is 8.78 Å². The van der Waals surface area contributed by atoms with Crippen LogP contribution < -0.4 is 5.32 Å². The standard InChI is InChI=1S/C9H10F2N4/c1-6-2-3-15-8(4-6)13-9(14-15)12-5-7(10)11/h2-4,7H,5H2,1H3,(H,12,14). The van der Waals surface area contributed by atoms with Gasteiger partial charge < -0.3 is 5.32 Å². The minimum absolute atomic E-state index is 0.223. The van der Waals surface area contributed by atoms with E-state index >= 15 is 0 Å². The maximum Gasteiger partial charge on any atom is 0.255 e. The van der Waals surface area contributed by atoms with E-state index in [4.69, 9.17) is 0 Å². The van der Waals surface area contributed by atoms with E-state index in [9.17, 15) is 8.78 Å². The fourth-order valence-electron chi connectivity index (χ4n) is 1.23. The summed E-state index contributed by atoms with van der Waals surface area (Å²) in [6.45, 7) is 1.50. The maximum atomic E-state index is 11.9. The first-order chi connectivity index (χ1) is 7.15. The highest BCUT2D eigenvalue weighted by atomic mass is 19.3. The second-order valence-electron chi connectivity index (χ2n) is 3.21. The van der Waals surface area contributed by atoms with Crippen molar-refractivity contribution in [3.63, 3.8) is 0 Å². The number of pyridine rings is 1. The summed E-state index contributed by atoms with van der Waals surface area (Å²) >= 11 is 0. The number of aryl methyl sites for hydroxylation is 1. The Balaban J connectivity index is 2.23. The zero-order valence-electron chi connectivity index (χ0n) is 8.11. The van der Waals surface area contributed by atoms with Gasteiger partial charge in [-0.05, 0) is 24.6 Å². The molecule has 2 aromatic rings. The lowest BCUT2D eigenvalue weighted by molar-refractivity contribution is 0.163. The summed E-state index contributed by atoms with van der Waals surface area (Å²) in [6, 6.07) is 3.71. The molecule has 0 unspecified atom stereocenters. The average molecular weight is 212 g/mol. The lowest BCUT2D eigenvalue weighted by Gasteiger charge is -1.97. The molecule has 0 radical (unpaired) electrons. The van der Waals surface area contributed by atoms with Crippen LogP contribution in [-0.2, 0) is 0 Å². The fraction of sp³-hybridized carbons (Fsp3) is 0.333. The lowest BCUT2D eigenvalue weighted by atomic mass is 10.3. The first-order valence-corrected chi connectivity index (χ1v) is 4.50. The zero-order valence-corrected chi connectivity index (χ0v) is 8.11. The van der Waals surface area contributed by atoms with Crippen LogP contribution in [0.5, 0.6) is 0 Å². The Bertz CT molecular complexity index is 466. The van der Waals surface area contributed by atoms with Gasteiger partial charge in [0.05, 0.1) is 6.54 Å². The minimum Gasteiger partial charge on any atom is -0.347 e. The zero-order chi connectivity index (χ0) is 10.8. The van der Waals surface area contributed by atoms with E-state index in [2.05, 4.69) is 15.4 Å². The van der Waals surface area contributed by atoms with Crippen LogP contribution in [0.4, 0.5) is 14.7 Å². The van der Waals surface area contributed by atoms with Crippen molar-refractivity contribution in [1.29, 1.82) is 0 Å². The Labute approximate surface area is 84.9 Å². The molecule has 0 amide bonds. The molecule has 1 N–H and O–H groups in total. The molecule has 0 aliphatic heterocycles. The van der Waals surface area contributed by atoms with Crippen LogP contribution in [0, 0.1) is 6.92 Å². The summed E-state index contributed by atoms with van der Waals surface area (Å²) < 4.78 is 25.4. The number of nitrogens with zero attached hydrogens (tertiary/aromatic N) is 3. The number of rotatable bonds is 3. The van der Waals surface area contributed by atoms with Gasteiger partial charge in [-0.25, -0.2) is 13.3 Å². The molecule has 0 atom stereocenters. The molecule has 15 heavy (non-hydrogen) atoms. The van der Waals surface area contributed by atoms with Crippen LogP contribution in [0.1, 0.15) is 5.56 Å². The van der Waals surface area contributed by atoms with Crippen molar-refractivity contribution in [1.82, 2.24) is 14.6 Å². The van der Waals surface area contributed by atoms with E-state index < -0.39 is 13.0 Å². The number of aromatic nitrogens is 3. The van der Waals surface area contributed by atoms with Crippen molar-refractivity contribution in [2.45, 2.75) is 13.3 Å². The van der Waals surface area contributed by atoms with Gasteiger partial charge >= 0.3 is 0 Å². The van der Waals surface area contributed by atoms with Gasteiger partial charge in [0.15, 0.2) is 5.65 Å². The lowest BCUT2D eigenvalue weighted by Crippen LogP contribution is -2.11. The summed E-state index contributed by atoms with van der Waals surface area (Å²) in [4.78, 5) is 4.05. The summed E-state index contributed by atoms with van der Waals surface area (Å²) in [6.07, 6.45) is -0.663. The van der Waals surface area contributed by atoms with Gasteiger partial charge in [-0.3, -0.25) is 0 Å². The Kier molecular flexibility index (Phi) is 2.49. The van der Waals surface area contributed by atoms with Gasteiger partial charge in [0.2, 0.25) is 5.95 Å². The van der Waals surface area contributed by atoms with E-state index in [1.54, 1.807) is 10.7 Å². The Morgan fingerprint density at radius 2 is 2.33 bits per heavy atom. The Hall–Kier alpha value is -1.72. The molecular weight excluding hydrogens is 202 g/mol. The van der Waals surface area contributed by atoms with E-state index in [1.807, 2.05) is 19.1 Å². The molecule has 0 bridgehead atoms. The average Bonchev–Trinajstić information content (AvgIpc) is 2.56. The van der Waals surface area contributed by atoms with E-state index in [0.29, 0.717) is 5.65 Å². The predicted octanol–water partition coefficient (Wildman–Crippen LogP) is 1.71. The van der Waals surface area contributed by atoms with Gasteiger partial charge in [0.1, 0.15) is 0 Å². The normalized spacial score (nSPS) is 11.2. The third kappa shape index (κ3) is 2.20. The Morgan fingerprint density at radius 1 is 1.53 bits per heavy atom. The molecule has 0 fully saturated rings. The largest absolute Gasteiger partial charge is 0.347 e. The number of nitrogens with one attached hydrogen (secondary N) is 1. The maximum absolute atomic E-state index is 11.9. The number of hydrogen-bond acceptors (Lipinski definition) is 3. The number of anilines is 1. The first kappa shape index (κ1) is 9.82. The molecule has 2 rings (SSSR count). The van der Waals surface area contributed by atoms with Gasteiger partial charge in [-0.15, -0.1) is 5.10 Å². The van der Waals surface area contributed by atoms with Crippen LogP contribution in [-0.4, -0.2) is 27.6 Å². The summed E-state index contributed by atoms with van der Waals surface area (Å²) in [5.74, 6) is 0.223. The second kappa shape index (κ2) is 3.80. The molecule has 0 aromatic carbocycles. The molecule has 2 heterocycles. The SMILES string of the molecule is Cc1ccn2nc(NCC(F)F)nc2c1. The second-order valence-corrected chi connectivity index (χ2v) is 3.21. The molecule has 4 nitrogen and oxygen atoms in total. The number of fused-ring (bicyclic) bond motifs is 1. The van der Waals surface area contributed by atoms with Gasteiger partial charge in [-0.1, -0.05) is 0 Å². The first-order valence-electron chi connectivity index (χ1n) is 4.50. The molecule has 0 saturated heterocycles. The van der Waals surface area contributed by atoms with Crippen molar-refractivity contribution in [2.24, 2.45) is 0 Å². The smallest absolute Gasteiger partial charge is 0.255 e. The monoisotopic (exact) mass is 212 g/mol. The predicted molar refractivity (Wildman–Crippen MR) is 52.2 cm³/mol.